The number of likely N-dealkylation sites (N-methyl/N-ethyl adjacent to an activating group) is 1. The maximum Gasteiger partial charge on any atom is 0.127 e. The van der Waals surface area contributed by atoms with E-state index < -0.39 is 0 Å². The van der Waals surface area contributed by atoms with E-state index in [4.69, 9.17) is 5.73 Å². The molecule has 2 rings (SSSR count). The van der Waals surface area contributed by atoms with Gasteiger partial charge in [0, 0.05) is 44.3 Å². The minimum absolute atomic E-state index is 0.115. The van der Waals surface area contributed by atoms with Crippen molar-refractivity contribution in [2.24, 2.45) is 5.73 Å². The van der Waals surface area contributed by atoms with E-state index in [1.807, 2.05) is 19.1 Å². The van der Waals surface area contributed by atoms with Crippen LogP contribution in [0.5, 0.6) is 0 Å². The molecular formula is C14H22FN3. The molecule has 1 aromatic carbocycles. The standard InChI is InChI=1S/C14H22FN3/c1-11-3-4-14(15)12(7-11)9-18-6-5-17(2)10-13(18)8-16/h3-4,7,13H,5-6,8-10,16H2,1-2H3. The number of rotatable bonds is 3. The van der Waals surface area contributed by atoms with Gasteiger partial charge in [-0.15, -0.1) is 0 Å². The minimum atomic E-state index is -0.115. The SMILES string of the molecule is Cc1ccc(F)c(CN2CCN(C)CC2CN)c1. The number of nitrogens with two attached hydrogens (primary N) is 1. The van der Waals surface area contributed by atoms with Gasteiger partial charge in [-0.25, -0.2) is 4.39 Å². The Morgan fingerprint density at radius 1 is 1.39 bits per heavy atom. The van der Waals surface area contributed by atoms with Gasteiger partial charge in [0.15, 0.2) is 0 Å². The first kappa shape index (κ1) is 13.5. The van der Waals surface area contributed by atoms with Crippen molar-refractivity contribution in [3.63, 3.8) is 0 Å². The molecule has 0 aliphatic carbocycles. The summed E-state index contributed by atoms with van der Waals surface area (Å²) in [7, 11) is 2.10. The zero-order valence-corrected chi connectivity index (χ0v) is 11.2. The van der Waals surface area contributed by atoms with Crippen molar-refractivity contribution < 1.29 is 4.39 Å². The summed E-state index contributed by atoms with van der Waals surface area (Å²) in [5, 5.41) is 0. The van der Waals surface area contributed by atoms with Gasteiger partial charge in [-0.05, 0) is 20.0 Å². The molecule has 0 aromatic heterocycles. The van der Waals surface area contributed by atoms with Crippen LogP contribution in [0.15, 0.2) is 18.2 Å². The van der Waals surface area contributed by atoms with Gasteiger partial charge in [-0.2, -0.15) is 0 Å². The number of halogens is 1. The molecule has 1 aromatic rings. The van der Waals surface area contributed by atoms with E-state index in [1.54, 1.807) is 6.07 Å². The Morgan fingerprint density at radius 2 is 2.17 bits per heavy atom. The summed E-state index contributed by atoms with van der Waals surface area (Å²) < 4.78 is 13.8. The summed E-state index contributed by atoms with van der Waals surface area (Å²) in [4.78, 5) is 4.57. The predicted octanol–water partition coefficient (Wildman–Crippen LogP) is 1.21. The third-order valence-corrected chi connectivity index (χ3v) is 3.65. The molecule has 1 unspecified atom stereocenters. The first-order valence-electron chi connectivity index (χ1n) is 6.48. The highest BCUT2D eigenvalue weighted by atomic mass is 19.1. The Balaban J connectivity index is 2.10. The van der Waals surface area contributed by atoms with Crippen LogP contribution in [0.1, 0.15) is 11.1 Å². The van der Waals surface area contributed by atoms with Crippen molar-refractivity contribution in [2.45, 2.75) is 19.5 Å². The molecule has 1 aliphatic rings. The van der Waals surface area contributed by atoms with Gasteiger partial charge in [-0.1, -0.05) is 17.7 Å². The molecule has 1 atom stereocenters. The number of hydrogen-bond acceptors (Lipinski definition) is 3. The molecule has 1 saturated heterocycles. The van der Waals surface area contributed by atoms with Gasteiger partial charge in [0.1, 0.15) is 5.82 Å². The van der Waals surface area contributed by atoms with Crippen LogP contribution in [0.25, 0.3) is 0 Å². The third kappa shape index (κ3) is 3.07. The molecular weight excluding hydrogens is 229 g/mol. The highest BCUT2D eigenvalue weighted by Crippen LogP contribution is 2.16. The van der Waals surface area contributed by atoms with Gasteiger partial charge in [0.2, 0.25) is 0 Å². The van der Waals surface area contributed by atoms with Crippen LogP contribution in [0.4, 0.5) is 4.39 Å². The summed E-state index contributed by atoms with van der Waals surface area (Å²) >= 11 is 0. The van der Waals surface area contributed by atoms with Crippen LogP contribution in [0.2, 0.25) is 0 Å². The molecule has 0 spiro atoms. The van der Waals surface area contributed by atoms with Crippen molar-refractivity contribution in [1.29, 1.82) is 0 Å². The Labute approximate surface area is 108 Å². The topological polar surface area (TPSA) is 32.5 Å². The average Bonchev–Trinajstić information content (AvgIpc) is 2.36. The summed E-state index contributed by atoms with van der Waals surface area (Å²) in [6.07, 6.45) is 0. The maximum atomic E-state index is 13.8. The van der Waals surface area contributed by atoms with E-state index >= 15 is 0 Å². The normalized spacial score (nSPS) is 22.3. The van der Waals surface area contributed by atoms with Crippen molar-refractivity contribution in [3.8, 4) is 0 Å². The quantitative estimate of drug-likeness (QED) is 0.876. The lowest BCUT2D eigenvalue weighted by Gasteiger charge is -2.39. The Bertz CT molecular complexity index is 408. The Morgan fingerprint density at radius 3 is 2.89 bits per heavy atom. The summed E-state index contributed by atoms with van der Waals surface area (Å²) in [5.41, 5.74) is 7.69. The molecule has 0 saturated carbocycles. The fourth-order valence-electron chi connectivity index (χ4n) is 2.52. The molecule has 1 fully saturated rings. The third-order valence-electron chi connectivity index (χ3n) is 3.65. The zero-order chi connectivity index (χ0) is 13.1. The summed E-state index contributed by atoms with van der Waals surface area (Å²) in [6.45, 7) is 6.20. The second-order valence-electron chi connectivity index (χ2n) is 5.22. The van der Waals surface area contributed by atoms with E-state index in [0.29, 0.717) is 19.1 Å². The molecule has 2 N–H and O–H groups in total. The fraction of sp³-hybridized carbons (Fsp3) is 0.571. The van der Waals surface area contributed by atoms with Crippen LogP contribution >= 0.6 is 0 Å². The smallest absolute Gasteiger partial charge is 0.127 e. The second kappa shape index (κ2) is 5.78. The van der Waals surface area contributed by atoms with Crippen molar-refractivity contribution >= 4 is 0 Å². The summed E-state index contributed by atoms with van der Waals surface area (Å²) in [5.74, 6) is -0.115. The molecule has 0 radical (unpaired) electrons. The van der Waals surface area contributed by atoms with Gasteiger partial charge in [0.25, 0.3) is 0 Å². The fourth-order valence-corrected chi connectivity index (χ4v) is 2.52. The lowest BCUT2D eigenvalue weighted by Crippen LogP contribution is -2.54. The molecule has 3 nitrogen and oxygen atoms in total. The minimum Gasteiger partial charge on any atom is -0.329 e. The predicted molar refractivity (Wildman–Crippen MR) is 71.9 cm³/mol. The summed E-state index contributed by atoms with van der Waals surface area (Å²) in [6, 6.07) is 5.62. The zero-order valence-electron chi connectivity index (χ0n) is 11.2. The van der Waals surface area contributed by atoms with E-state index in [-0.39, 0.29) is 5.82 Å². The molecule has 1 heterocycles. The Kier molecular flexibility index (Phi) is 4.32. The largest absolute Gasteiger partial charge is 0.329 e. The van der Waals surface area contributed by atoms with E-state index in [0.717, 1.165) is 30.8 Å². The average molecular weight is 251 g/mol. The van der Waals surface area contributed by atoms with Gasteiger partial charge < -0.3 is 10.6 Å². The van der Waals surface area contributed by atoms with Crippen LogP contribution < -0.4 is 5.73 Å². The van der Waals surface area contributed by atoms with Crippen LogP contribution in [-0.2, 0) is 6.54 Å². The highest BCUT2D eigenvalue weighted by molar-refractivity contribution is 5.24. The van der Waals surface area contributed by atoms with Crippen molar-refractivity contribution in [3.05, 3.63) is 35.1 Å². The molecule has 4 heteroatoms. The van der Waals surface area contributed by atoms with E-state index in [2.05, 4.69) is 16.8 Å². The Hall–Kier alpha value is -0.970. The first-order valence-corrected chi connectivity index (χ1v) is 6.48. The van der Waals surface area contributed by atoms with Crippen LogP contribution in [0, 0.1) is 12.7 Å². The second-order valence-corrected chi connectivity index (χ2v) is 5.22. The molecule has 100 valence electrons. The number of benzene rings is 1. The van der Waals surface area contributed by atoms with Crippen molar-refractivity contribution in [2.75, 3.05) is 33.2 Å². The number of hydrogen-bond donors (Lipinski definition) is 1. The van der Waals surface area contributed by atoms with Crippen molar-refractivity contribution in [1.82, 2.24) is 9.80 Å². The van der Waals surface area contributed by atoms with E-state index in [1.165, 1.54) is 0 Å². The lowest BCUT2D eigenvalue weighted by atomic mass is 10.1. The molecule has 0 bridgehead atoms. The molecule has 0 amide bonds. The number of piperazine rings is 1. The number of nitrogens with zero attached hydrogens (tertiary/aromatic N) is 2. The van der Waals surface area contributed by atoms with Crippen LogP contribution in [-0.4, -0.2) is 49.1 Å². The molecule has 1 aliphatic heterocycles. The number of aryl methyl sites for hydroxylation is 1. The highest BCUT2D eigenvalue weighted by Gasteiger charge is 2.24. The lowest BCUT2D eigenvalue weighted by molar-refractivity contribution is 0.0871. The monoisotopic (exact) mass is 251 g/mol. The maximum absolute atomic E-state index is 13.8. The van der Waals surface area contributed by atoms with E-state index in [9.17, 15) is 4.39 Å². The van der Waals surface area contributed by atoms with Gasteiger partial charge in [0.05, 0.1) is 0 Å². The van der Waals surface area contributed by atoms with Crippen LogP contribution in [0.3, 0.4) is 0 Å². The van der Waals surface area contributed by atoms with Gasteiger partial charge >= 0.3 is 0 Å². The first-order chi connectivity index (χ1) is 8.60. The van der Waals surface area contributed by atoms with Gasteiger partial charge in [-0.3, -0.25) is 4.90 Å². The molecule has 18 heavy (non-hydrogen) atoms.